The van der Waals surface area contributed by atoms with Gasteiger partial charge >= 0.3 is 0 Å². The van der Waals surface area contributed by atoms with Crippen molar-refractivity contribution in [1.82, 2.24) is 25.3 Å². The standard InChI is InChI=1S/C26H26N8/c1-19(20-5-3-2-4-6-20)31-22-16-23(32-24(17-22)33-25-18-28-9-10-29-25)21-7-8-30-26(15-21)34-13-11-27-12-14-34/h2-10,15-18,27H,1,11-14H2,(H2,29,31,32,33). The average molecular weight is 451 g/mol. The van der Waals surface area contributed by atoms with Crippen LogP contribution in [-0.4, -0.2) is 46.1 Å². The molecule has 4 aromatic rings. The van der Waals surface area contributed by atoms with Gasteiger partial charge in [0.2, 0.25) is 0 Å². The number of benzene rings is 1. The maximum atomic E-state index is 4.86. The van der Waals surface area contributed by atoms with Gasteiger partial charge in [-0.1, -0.05) is 36.9 Å². The quantitative estimate of drug-likeness (QED) is 0.387. The average Bonchev–Trinajstić information content (AvgIpc) is 2.90. The molecule has 1 saturated heterocycles. The van der Waals surface area contributed by atoms with E-state index in [9.17, 15) is 0 Å². The molecule has 3 N–H and O–H groups in total. The van der Waals surface area contributed by atoms with Crippen LogP contribution < -0.4 is 20.9 Å². The van der Waals surface area contributed by atoms with E-state index in [1.807, 2.05) is 54.7 Å². The van der Waals surface area contributed by atoms with Crippen LogP contribution in [-0.2, 0) is 0 Å². The second-order valence-electron chi connectivity index (χ2n) is 7.95. The van der Waals surface area contributed by atoms with Gasteiger partial charge in [0.15, 0.2) is 0 Å². The van der Waals surface area contributed by atoms with Crippen molar-refractivity contribution in [2.45, 2.75) is 0 Å². The molecule has 0 unspecified atom stereocenters. The lowest BCUT2D eigenvalue weighted by atomic mass is 10.1. The van der Waals surface area contributed by atoms with Crippen LogP contribution in [0.15, 0.2) is 86.0 Å². The molecule has 0 radical (unpaired) electrons. The molecule has 0 saturated carbocycles. The van der Waals surface area contributed by atoms with Crippen LogP contribution >= 0.6 is 0 Å². The highest BCUT2D eigenvalue weighted by molar-refractivity contribution is 5.79. The van der Waals surface area contributed by atoms with Gasteiger partial charge < -0.3 is 20.9 Å². The minimum atomic E-state index is 0.622. The molecule has 34 heavy (non-hydrogen) atoms. The van der Waals surface area contributed by atoms with Crippen LogP contribution in [0.3, 0.4) is 0 Å². The Bertz CT molecular complexity index is 1250. The topological polar surface area (TPSA) is 90.9 Å². The molecule has 170 valence electrons. The van der Waals surface area contributed by atoms with Crippen LogP contribution in [0.5, 0.6) is 0 Å². The van der Waals surface area contributed by atoms with Crippen molar-refractivity contribution >= 4 is 28.8 Å². The van der Waals surface area contributed by atoms with Crippen LogP contribution in [0.4, 0.5) is 23.1 Å². The number of hydrogen-bond donors (Lipinski definition) is 3. The van der Waals surface area contributed by atoms with Crippen LogP contribution in [0, 0.1) is 0 Å². The molecule has 0 aliphatic carbocycles. The number of rotatable bonds is 7. The van der Waals surface area contributed by atoms with E-state index < -0.39 is 0 Å². The van der Waals surface area contributed by atoms with Gasteiger partial charge in [-0.3, -0.25) is 4.98 Å². The first-order valence-corrected chi connectivity index (χ1v) is 11.2. The predicted octanol–water partition coefficient (Wildman–Crippen LogP) is 4.17. The molecule has 0 atom stereocenters. The highest BCUT2D eigenvalue weighted by atomic mass is 15.2. The van der Waals surface area contributed by atoms with E-state index in [1.54, 1.807) is 18.6 Å². The van der Waals surface area contributed by atoms with E-state index in [2.05, 4.69) is 48.4 Å². The summed E-state index contributed by atoms with van der Waals surface area (Å²) in [7, 11) is 0. The van der Waals surface area contributed by atoms with Crippen molar-refractivity contribution in [1.29, 1.82) is 0 Å². The van der Waals surface area contributed by atoms with E-state index in [-0.39, 0.29) is 0 Å². The monoisotopic (exact) mass is 450 g/mol. The summed E-state index contributed by atoms with van der Waals surface area (Å²) in [5.41, 5.74) is 4.50. The number of hydrogen-bond acceptors (Lipinski definition) is 8. The molecular formula is C26H26N8. The van der Waals surface area contributed by atoms with Crippen LogP contribution in [0.2, 0.25) is 0 Å². The summed E-state index contributed by atoms with van der Waals surface area (Å²) in [5.74, 6) is 2.23. The second kappa shape index (κ2) is 10.1. The highest BCUT2D eigenvalue weighted by Gasteiger charge is 2.14. The third-order valence-corrected chi connectivity index (χ3v) is 5.54. The van der Waals surface area contributed by atoms with E-state index in [4.69, 9.17) is 4.98 Å². The highest BCUT2D eigenvalue weighted by Crippen LogP contribution is 2.29. The summed E-state index contributed by atoms with van der Waals surface area (Å²) < 4.78 is 0. The fourth-order valence-corrected chi connectivity index (χ4v) is 3.84. The van der Waals surface area contributed by atoms with Crippen LogP contribution in [0.25, 0.3) is 17.0 Å². The third kappa shape index (κ3) is 5.19. The van der Waals surface area contributed by atoms with E-state index >= 15 is 0 Å². The normalized spacial score (nSPS) is 13.4. The molecule has 1 aromatic carbocycles. The second-order valence-corrected chi connectivity index (χ2v) is 7.95. The Balaban J connectivity index is 1.49. The smallest absolute Gasteiger partial charge is 0.150 e. The van der Waals surface area contributed by atoms with E-state index in [0.29, 0.717) is 11.6 Å². The number of nitrogens with zero attached hydrogens (tertiary/aromatic N) is 5. The van der Waals surface area contributed by atoms with Crippen molar-refractivity contribution in [3.05, 3.63) is 91.5 Å². The van der Waals surface area contributed by atoms with E-state index in [1.165, 1.54) is 0 Å². The van der Waals surface area contributed by atoms with Crippen LogP contribution in [0.1, 0.15) is 5.56 Å². The Hall–Kier alpha value is -4.30. The Morgan fingerprint density at radius 2 is 1.76 bits per heavy atom. The van der Waals surface area contributed by atoms with Gasteiger partial charge in [-0.2, -0.15) is 0 Å². The lowest BCUT2D eigenvalue weighted by Gasteiger charge is -2.28. The molecule has 8 heteroatoms. The molecular weight excluding hydrogens is 424 g/mol. The summed E-state index contributed by atoms with van der Waals surface area (Å²) in [5, 5.41) is 10.1. The minimum Gasteiger partial charge on any atom is -0.355 e. The Morgan fingerprint density at radius 1 is 0.912 bits per heavy atom. The Morgan fingerprint density at radius 3 is 2.56 bits per heavy atom. The maximum Gasteiger partial charge on any atom is 0.150 e. The van der Waals surface area contributed by atoms with Crippen molar-refractivity contribution in [2.75, 3.05) is 41.7 Å². The van der Waals surface area contributed by atoms with Crippen molar-refractivity contribution in [2.24, 2.45) is 0 Å². The van der Waals surface area contributed by atoms with Gasteiger partial charge in [0, 0.05) is 67.8 Å². The summed E-state index contributed by atoms with van der Waals surface area (Å²) in [6, 6.07) is 18.1. The summed E-state index contributed by atoms with van der Waals surface area (Å²) in [6.45, 7) is 7.99. The summed E-state index contributed by atoms with van der Waals surface area (Å²) in [4.78, 5) is 20.2. The third-order valence-electron chi connectivity index (χ3n) is 5.54. The number of piperazine rings is 1. The first-order chi connectivity index (χ1) is 16.7. The largest absolute Gasteiger partial charge is 0.355 e. The number of anilines is 4. The first-order valence-electron chi connectivity index (χ1n) is 11.2. The SMILES string of the molecule is C=C(Nc1cc(Nc2cnccn2)nc(-c2ccnc(N3CCNCC3)c2)c1)c1ccccc1. The zero-order chi connectivity index (χ0) is 23.2. The van der Waals surface area contributed by atoms with E-state index in [0.717, 1.165) is 60.2 Å². The van der Waals surface area contributed by atoms with Crippen molar-refractivity contribution in [3.63, 3.8) is 0 Å². The molecule has 3 aromatic heterocycles. The zero-order valence-corrected chi connectivity index (χ0v) is 18.8. The first kappa shape index (κ1) is 21.5. The molecule has 8 nitrogen and oxygen atoms in total. The van der Waals surface area contributed by atoms with Crippen molar-refractivity contribution in [3.8, 4) is 11.3 Å². The molecule has 0 amide bonds. The fourth-order valence-electron chi connectivity index (χ4n) is 3.84. The zero-order valence-electron chi connectivity index (χ0n) is 18.8. The Labute approximate surface area is 198 Å². The number of aromatic nitrogens is 4. The van der Waals surface area contributed by atoms with Gasteiger partial charge in [-0.15, -0.1) is 0 Å². The van der Waals surface area contributed by atoms with Gasteiger partial charge in [0.25, 0.3) is 0 Å². The number of pyridine rings is 2. The molecule has 1 aliphatic heterocycles. The molecule has 1 aliphatic rings. The van der Waals surface area contributed by atoms with Gasteiger partial charge in [0.1, 0.15) is 17.5 Å². The lowest BCUT2D eigenvalue weighted by molar-refractivity contribution is 0.585. The summed E-state index contributed by atoms with van der Waals surface area (Å²) >= 11 is 0. The molecule has 0 spiro atoms. The molecule has 0 bridgehead atoms. The Kier molecular flexibility index (Phi) is 6.40. The predicted molar refractivity (Wildman–Crippen MR) is 137 cm³/mol. The van der Waals surface area contributed by atoms with Gasteiger partial charge in [-0.05, 0) is 23.8 Å². The molecule has 5 rings (SSSR count). The summed E-state index contributed by atoms with van der Waals surface area (Å²) in [6.07, 6.45) is 6.79. The lowest BCUT2D eigenvalue weighted by Crippen LogP contribution is -2.43. The fraction of sp³-hybridized carbons (Fsp3) is 0.154. The van der Waals surface area contributed by atoms with Gasteiger partial charge in [0.05, 0.1) is 11.9 Å². The molecule has 4 heterocycles. The van der Waals surface area contributed by atoms with Crippen molar-refractivity contribution < 1.29 is 0 Å². The number of nitrogens with one attached hydrogen (secondary N) is 3. The molecule has 1 fully saturated rings. The minimum absolute atomic E-state index is 0.622. The van der Waals surface area contributed by atoms with Gasteiger partial charge in [-0.25, -0.2) is 15.0 Å². The maximum absolute atomic E-state index is 4.86.